The summed E-state index contributed by atoms with van der Waals surface area (Å²) in [5.41, 5.74) is 1.02. The number of Topliss-reactive ketones (excluding diaryl/α,β-unsaturated/α-hetero) is 1. The first-order valence-electron chi connectivity index (χ1n) is 6.06. The Morgan fingerprint density at radius 3 is 2.22 bits per heavy atom. The van der Waals surface area contributed by atoms with Gasteiger partial charge >= 0.3 is 5.97 Å². The molecule has 1 aliphatic heterocycles. The number of hydrogen-bond donors (Lipinski definition) is 2. The molecule has 5 nitrogen and oxygen atoms in total. The Morgan fingerprint density at radius 1 is 1.28 bits per heavy atom. The van der Waals surface area contributed by atoms with Gasteiger partial charge in [0.2, 0.25) is 5.91 Å². The van der Waals surface area contributed by atoms with E-state index in [0.29, 0.717) is 11.3 Å². The maximum atomic E-state index is 12.1. The molecule has 0 aliphatic carbocycles. The second-order valence-electron chi connectivity index (χ2n) is 5.15. The second kappa shape index (κ2) is 5.33. The van der Waals surface area contributed by atoms with Gasteiger partial charge in [0.15, 0.2) is 5.78 Å². The minimum absolute atomic E-state index is 0.00824. The van der Waals surface area contributed by atoms with E-state index >= 15 is 0 Å². The normalized spacial score (nSPS) is 20.3. The van der Waals surface area contributed by atoms with Crippen LogP contribution in [0.3, 0.4) is 0 Å². The average molecular weight is 253 g/mol. The number of carbonyl (C=O) groups excluding carboxylic acids is 2. The SMILES string of the molecule is CC(C)C(=O)C1=C(C(C)C)NC(=O)C(C(=O)O)C1. The molecule has 1 amide bonds. The molecule has 0 bridgehead atoms. The molecule has 1 heterocycles. The van der Waals surface area contributed by atoms with Crippen LogP contribution in [0.4, 0.5) is 0 Å². The molecule has 0 fully saturated rings. The molecule has 0 saturated heterocycles. The van der Waals surface area contributed by atoms with Crippen LogP contribution in [-0.4, -0.2) is 22.8 Å². The van der Waals surface area contributed by atoms with Gasteiger partial charge in [-0.2, -0.15) is 0 Å². The molecule has 1 atom stereocenters. The number of nitrogens with one attached hydrogen (secondary N) is 1. The van der Waals surface area contributed by atoms with E-state index in [1.54, 1.807) is 13.8 Å². The topological polar surface area (TPSA) is 83.5 Å². The van der Waals surface area contributed by atoms with Crippen molar-refractivity contribution in [2.24, 2.45) is 17.8 Å². The van der Waals surface area contributed by atoms with Gasteiger partial charge in [0.05, 0.1) is 0 Å². The molecule has 0 aromatic rings. The number of carboxylic acid groups (broad SMARTS) is 1. The van der Waals surface area contributed by atoms with E-state index in [1.807, 2.05) is 13.8 Å². The lowest BCUT2D eigenvalue weighted by Crippen LogP contribution is -2.42. The summed E-state index contributed by atoms with van der Waals surface area (Å²) in [6.07, 6.45) is -0.00824. The molecule has 1 rings (SSSR count). The number of amides is 1. The van der Waals surface area contributed by atoms with Gasteiger partial charge in [0.1, 0.15) is 5.92 Å². The van der Waals surface area contributed by atoms with Crippen LogP contribution in [0.25, 0.3) is 0 Å². The molecular formula is C13H19NO4. The molecule has 1 unspecified atom stereocenters. The summed E-state index contributed by atoms with van der Waals surface area (Å²) in [4.78, 5) is 34.7. The zero-order valence-electron chi connectivity index (χ0n) is 11.1. The first-order valence-corrected chi connectivity index (χ1v) is 6.06. The van der Waals surface area contributed by atoms with Crippen molar-refractivity contribution in [3.05, 3.63) is 11.3 Å². The molecule has 5 heteroatoms. The van der Waals surface area contributed by atoms with Gasteiger partial charge in [0, 0.05) is 17.2 Å². The Bertz CT molecular complexity index is 421. The van der Waals surface area contributed by atoms with Crippen molar-refractivity contribution in [2.45, 2.75) is 34.1 Å². The molecule has 0 aromatic carbocycles. The molecule has 0 radical (unpaired) electrons. The van der Waals surface area contributed by atoms with Gasteiger partial charge in [-0.25, -0.2) is 0 Å². The van der Waals surface area contributed by atoms with Crippen molar-refractivity contribution in [2.75, 3.05) is 0 Å². The minimum atomic E-state index is -1.19. The molecule has 2 N–H and O–H groups in total. The third-order valence-electron chi connectivity index (χ3n) is 3.00. The summed E-state index contributed by atoms with van der Waals surface area (Å²) >= 11 is 0. The number of aliphatic carboxylic acids is 1. The third-order valence-corrected chi connectivity index (χ3v) is 3.00. The fourth-order valence-electron chi connectivity index (χ4n) is 1.98. The lowest BCUT2D eigenvalue weighted by Gasteiger charge is -2.27. The maximum Gasteiger partial charge on any atom is 0.316 e. The van der Waals surface area contributed by atoms with E-state index in [4.69, 9.17) is 5.11 Å². The van der Waals surface area contributed by atoms with Crippen molar-refractivity contribution in [1.29, 1.82) is 0 Å². The monoisotopic (exact) mass is 253 g/mol. The van der Waals surface area contributed by atoms with Crippen molar-refractivity contribution in [3.8, 4) is 0 Å². The highest BCUT2D eigenvalue weighted by atomic mass is 16.4. The fraction of sp³-hybridized carbons (Fsp3) is 0.615. The Morgan fingerprint density at radius 2 is 1.83 bits per heavy atom. The first-order chi connectivity index (χ1) is 8.25. The van der Waals surface area contributed by atoms with Gasteiger partial charge in [-0.3, -0.25) is 14.4 Å². The van der Waals surface area contributed by atoms with E-state index in [0.717, 1.165) is 0 Å². The second-order valence-corrected chi connectivity index (χ2v) is 5.15. The van der Waals surface area contributed by atoms with Crippen molar-refractivity contribution in [3.63, 3.8) is 0 Å². The zero-order chi connectivity index (χ0) is 14.0. The fourth-order valence-corrected chi connectivity index (χ4v) is 1.98. The van der Waals surface area contributed by atoms with Crippen molar-refractivity contribution >= 4 is 17.7 Å². The summed E-state index contributed by atoms with van der Waals surface area (Å²) in [7, 11) is 0. The molecule has 1 aliphatic rings. The number of carbonyl (C=O) groups is 3. The van der Waals surface area contributed by atoms with Crippen LogP contribution in [0.15, 0.2) is 11.3 Å². The molecule has 0 saturated carbocycles. The Hall–Kier alpha value is -1.65. The summed E-state index contributed by atoms with van der Waals surface area (Å²) < 4.78 is 0. The average Bonchev–Trinajstić information content (AvgIpc) is 2.26. The summed E-state index contributed by atoms with van der Waals surface area (Å²) in [5, 5.41) is 11.5. The quantitative estimate of drug-likeness (QED) is 0.741. The van der Waals surface area contributed by atoms with E-state index in [2.05, 4.69) is 5.32 Å². The maximum absolute atomic E-state index is 12.1. The lowest BCUT2D eigenvalue weighted by atomic mass is 9.84. The van der Waals surface area contributed by atoms with Gasteiger partial charge in [0.25, 0.3) is 0 Å². The minimum Gasteiger partial charge on any atom is -0.481 e. The lowest BCUT2D eigenvalue weighted by molar-refractivity contribution is -0.147. The van der Waals surface area contributed by atoms with Gasteiger partial charge in [-0.15, -0.1) is 0 Å². The first kappa shape index (κ1) is 14.4. The van der Waals surface area contributed by atoms with Gasteiger partial charge < -0.3 is 10.4 Å². The Balaban J connectivity index is 3.19. The van der Waals surface area contributed by atoms with Gasteiger partial charge in [-0.1, -0.05) is 27.7 Å². The van der Waals surface area contributed by atoms with E-state index in [1.165, 1.54) is 0 Å². The molecule has 18 heavy (non-hydrogen) atoms. The van der Waals surface area contributed by atoms with Crippen LogP contribution in [0.2, 0.25) is 0 Å². The summed E-state index contributed by atoms with van der Waals surface area (Å²) in [6.45, 7) is 7.26. The molecule has 0 aromatic heterocycles. The third kappa shape index (κ3) is 2.78. The zero-order valence-corrected chi connectivity index (χ0v) is 11.1. The Kier molecular flexibility index (Phi) is 4.27. The molecule has 100 valence electrons. The van der Waals surface area contributed by atoms with E-state index in [-0.39, 0.29) is 24.0 Å². The van der Waals surface area contributed by atoms with Crippen LogP contribution in [0.1, 0.15) is 34.1 Å². The van der Waals surface area contributed by atoms with E-state index < -0.39 is 17.8 Å². The van der Waals surface area contributed by atoms with Crippen LogP contribution in [0.5, 0.6) is 0 Å². The highest BCUT2D eigenvalue weighted by Gasteiger charge is 2.36. The molecule has 0 spiro atoms. The van der Waals surface area contributed by atoms with Gasteiger partial charge in [-0.05, 0) is 12.3 Å². The number of rotatable bonds is 4. The summed E-state index contributed by atoms with van der Waals surface area (Å²) in [5.74, 6) is -3.20. The number of hydrogen-bond acceptors (Lipinski definition) is 3. The number of carboxylic acids is 1. The molecular weight excluding hydrogens is 234 g/mol. The summed E-state index contributed by atoms with van der Waals surface area (Å²) in [6, 6.07) is 0. The number of allylic oxidation sites excluding steroid dienone is 2. The van der Waals surface area contributed by atoms with Crippen LogP contribution < -0.4 is 5.32 Å². The smallest absolute Gasteiger partial charge is 0.316 e. The largest absolute Gasteiger partial charge is 0.481 e. The van der Waals surface area contributed by atoms with E-state index in [9.17, 15) is 14.4 Å². The van der Waals surface area contributed by atoms with Crippen LogP contribution in [-0.2, 0) is 14.4 Å². The number of ketones is 1. The van der Waals surface area contributed by atoms with Crippen molar-refractivity contribution in [1.82, 2.24) is 5.32 Å². The predicted molar refractivity (Wildman–Crippen MR) is 65.6 cm³/mol. The highest BCUT2D eigenvalue weighted by molar-refractivity contribution is 6.05. The highest BCUT2D eigenvalue weighted by Crippen LogP contribution is 2.27. The van der Waals surface area contributed by atoms with Crippen LogP contribution in [0, 0.1) is 17.8 Å². The van der Waals surface area contributed by atoms with Crippen LogP contribution >= 0.6 is 0 Å². The van der Waals surface area contributed by atoms with Crippen molar-refractivity contribution < 1.29 is 19.5 Å². The Labute approximate surface area is 106 Å². The standard InChI is InChI=1S/C13H19NO4/c1-6(2)10-8(11(15)7(3)4)5-9(13(17)18)12(16)14-10/h6-7,9H,5H2,1-4H3,(H,14,16)(H,17,18). The predicted octanol–water partition coefficient (Wildman–Crippen LogP) is 1.34.